The average Bonchev–Trinajstić information content (AvgIpc) is 2.37. The van der Waals surface area contributed by atoms with E-state index in [-0.39, 0.29) is 0 Å². The molecule has 1 aliphatic rings. The van der Waals surface area contributed by atoms with Gasteiger partial charge >= 0.3 is 0 Å². The molecule has 5 nitrogen and oxygen atoms in total. The van der Waals surface area contributed by atoms with E-state index < -0.39 is 10.0 Å². The van der Waals surface area contributed by atoms with Crippen LogP contribution in [0.25, 0.3) is 0 Å². The Kier molecular flexibility index (Phi) is 4.19. The maximum atomic E-state index is 11.0. The summed E-state index contributed by atoms with van der Waals surface area (Å²) in [6.45, 7) is 2.43. The molecule has 0 radical (unpaired) electrons. The van der Waals surface area contributed by atoms with Crippen LogP contribution in [-0.4, -0.2) is 39.3 Å². The molecule has 0 amide bonds. The van der Waals surface area contributed by atoms with Gasteiger partial charge in [0.2, 0.25) is 10.0 Å². The van der Waals surface area contributed by atoms with Gasteiger partial charge in [-0.2, -0.15) is 0 Å². The van der Waals surface area contributed by atoms with Crippen LogP contribution < -0.4 is 9.62 Å². The van der Waals surface area contributed by atoms with Crippen LogP contribution in [0.15, 0.2) is 24.4 Å². The third-order valence-electron chi connectivity index (χ3n) is 3.22. The predicted octanol–water partition coefficient (Wildman–Crippen LogP) is 0.847. The molecule has 6 heteroatoms. The zero-order valence-corrected chi connectivity index (χ0v) is 11.4. The molecular formula is C12H19N3O2S. The fraction of sp³-hybridized carbons (Fsp3) is 0.583. The van der Waals surface area contributed by atoms with Crippen molar-refractivity contribution in [2.75, 3.05) is 30.8 Å². The van der Waals surface area contributed by atoms with Crippen molar-refractivity contribution < 1.29 is 8.42 Å². The van der Waals surface area contributed by atoms with Crippen LogP contribution in [0.4, 0.5) is 5.82 Å². The fourth-order valence-electron chi connectivity index (χ4n) is 2.18. The molecule has 100 valence electrons. The number of sulfonamides is 1. The lowest BCUT2D eigenvalue weighted by molar-refractivity contribution is 0.401. The number of pyridine rings is 1. The maximum absolute atomic E-state index is 11.0. The Morgan fingerprint density at radius 2 is 2.11 bits per heavy atom. The molecule has 1 fully saturated rings. The minimum Gasteiger partial charge on any atom is -0.357 e. The van der Waals surface area contributed by atoms with Gasteiger partial charge in [-0.1, -0.05) is 6.07 Å². The molecule has 2 heterocycles. The quantitative estimate of drug-likeness (QED) is 0.880. The van der Waals surface area contributed by atoms with Gasteiger partial charge in [-0.3, -0.25) is 0 Å². The molecule has 0 unspecified atom stereocenters. The van der Waals surface area contributed by atoms with E-state index in [1.165, 1.54) is 6.26 Å². The Labute approximate surface area is 108 Å². The summed E-state index contributed by atoms with van der Waals surface area (Å²) in [4.78, 5) is 6.57. The third kappa shape index (κ3) is 3.96. The van der Waals surface area contributed by atoms with Crippen molar-refractivity contribution in [1.29, 1.82) is 0 Å². The lowest BCUT2D eigenvalue weighted by Crippen LogP contribution is -2.38. The standard InChI is InChI=1S/C12H19N3O2S/c1-18(16,17)14-10-11-5-8-15(9-6-11)12-4-2-3-7-13-12/h2-4,7,11,14H,5-6,8-10H2,1H3. The predicted molar refractivity (Wildman–Crippen MR) is 72.0 cm³/mol. The van der Waals surface area contributed by atoms with Crippen LogP contribution >= 0.6 is 0 Å². The molecule has 0 spiro atoms. The molecule has 18 heavy (non-hydrogen) atoms. The van der Waals surface area contributed by atoms with Gasteiger partial charge in [0.15, 0.2) is 0 Å². The van der Waals surface area contributed by atoms with Gasteiger partial charge in [-0.15, -0.1) is 0 Å². The number of anilines is 1. The van der Waals surface area contributed by atoms with E-state index in [2.05, 4.69) is 14.6 Å². The highest BCUT2D eigenvalue weighted by Crippen LogP contribution is 2.20. The maximum Gasteiger partial charge on any atom is 0.208 e. The Balaban J connectivity index is 1.82. The van der Waals surface area contributed by atoms with E-state index in [9.17, 15) is 8.42 Å². The molecule has 0 bridgehead atoms. The van der Waals surface area contributed by atoms with E-state index in [1.807, 2.05) is 18.2 Å². The second kappa shape index (κ2) is 5.67. The normalized spacial score (nSPS) is 17.9. The molecule has 2 rings (SSSR count). The van der Waals surface area contributed by atoms with Crippen molar-refractivity contribution in [2.45, 2.75) is 12.8 Å². The number of nitrogens with one attached hydrogen (secondary N) is 1. The van der Waals surface area contributed by atoms with E-state index in [4.69, 9.17) is 0 Å². The first-order valence-corrected chi connectivity index (χ1v) is 8.04. The molecule has 1 aromatic heterocycles. The highest BCUT2D eigenvalue weighted by Gasteiger charge is 2.20. The molecule has 1 aliphatic heterocycles. The summed E-state index contributed by atoms with van der Waals surface area (Å²) >= 11 is 0. The van der Waals surface area contributed by atoms with Crippen molar-refractivity contribution >= 4 is 15.8 Å². The fourth-order valence-corrected chi connectivity index (χ4v) is 2.71. The summed E-state index contributed by atoms with van der Waals surface area (Å²) in [5.74, 6) is 1.44. The molecule has 0 atom stereocenters. The number of nitrogens with zero attached hydrogens (tertiary/aromatic N) is 2. The topological polar surface area (TPSA) is 62.3 Å². The SMILES string of the molecule is CS(=O)(=O)NCC1CCN(c2ccccn2)CC1. The van der Waals surface area contributed by atoms with Crippen LogP contribution in [0, 0.1) is 5.92 Å². The number of hydrogen-bond acceptors (Lipinski definition) is 4. The van der Waals surface area contributed by atoms with Crippen molar-refractivity contribution in [2.24, 2.45) is 5.92 Å². The van der Waals surface area contributed by atoms with Crippen molar-refractivity contribution in [3.63, 3.8) is 0 Å². The second-order valence-electron chi connectivity index (χ2n) is 4.74. The zero-order chi connectivity index (χ0) is 13.0. The summed E-state index contributed by atoms with van der Waals surface area (Å²) in [5.41, 5.74) is 0. The highest BCUT2D eigenvalue weighted by atomic mass is 32.2. The largest absolute Gasteiger partial charge is 0.357 e. The van der Waals surface area contributed by atoms with Crippen molar-refractivity contribution in [3.8, 4) is 0 Å². The minimum absolute atomic E-state index is 0.430. The van der Waals surface area contributed by atoms with Gasteiger partial charge in [0.1, 0.15) is 5.82 Å². The van der Waals surface area contributed by atoms with Crippen LogP contribution in [0.1, 0.15) is 12.8 Å². The van der Waals surface area contributed by atoms with E-state index in [1.54, 1.807) is 6.20 Å². The van der Waals surface area contributed by atoms with Crippen LogP contribution in [0.3, 0.4) is 0 Å². The van der Waals surface area contributed by atoms with E-state index in [0.29, 0.717) is 12.5 Å². The van der Waals surface area contributed by atoms with Gasteiger partial charge in [0.05, 0.1) is 6.26 Å². The third-order valence-corrected chi connectivity index (χ3v) is 3.91. The first kappa shape index (κ1) is 13.3. The van der Waals surface area contributed by atoms with Crippen LogP contribution in [0.2, 0.25) is 0 Å². The monoisotopic (exact) mass is 269 g/mol. The van der Waals surface area contributed by atoms with Crippen molar-refractivity contribution in [1.82, 2.24) is 9.71 Å². The molecule has 0 aromatic carbocycles. The number of rotatable bonds is 4. The second-order valence-corrected chi connectivity index (χ2v) is 6.57. The van der Waals surface area contributed by atoms with Crippen molar-refractivity contribution in [3.05, 3.63) is 24.4 Å². The van der Waals surface area contributed by atoms with Crippen LogP contribution in [-0.2, 0) is 10.0 Å². The Morgan fingerprint density at radius 3 is 2.67 bits per heavy atom. The Morgan fingerprint density at radius 1 is 1.39 bits per heavy atom. The van der Waals surface area contributed by atoms with Gasteiger partial charge < -0.3 is 4.90 Å². The van der Waals surface area contributed by atoms with Crippen LogP contribution in [0.5, 0.6) is 0 Å². The smallest absolute Gasteiger partial charge is 0.208 e. The Hall–Kier alpha value is -1.14. The summed E-state index contributed by atoms with van der Waals surface area (Å²) in [6.07, 6.45) is 5.00. The first-order valence-electron chi connectivity index (χ1n) is 6.15. The zero-order valence-electron chi connectivity index (χ0n) is 10.5. The molecule has 1 saturated heterocycles. The van der Waals surface area contributed by atoms with Gasteiger partial charge in [-0.25, -0.2) is 18.1 Å². The molecule has 0 saturated carbocycles. The lowest BCUT2D eigenvalue weighted by Gasteiger charge is -2.32. The summed E-state index contributed by atoms with van der Waals surface area (Å²) in [7, 11) is -3.07. The Bertz CT molecular complexity index is 467. The highest BCUT2D eigenvalue weighted by molar-refractivity contribution is 7.88. The van der Waals surface area contributed by atoms with Gasteiger partial charge in [0.25, 0.3) is 0 Å². The summed E-state index contributed by atoms with van der Waals surface area (Å²) < 4.78 is 24.6. The van der Waals surface area contributed by atoms with Gasteiger partial charge in [0, 0.05) is 25.8 Å². The first-order chi connectivity index (χ1) is 8.54. The summed E-state index contributed by atoms with van der Waals surface area (Å²) in [5, 5.41) is 0. The number of aromatic nitrogens is 1. The van der Waals surface area contributed by atoms with E-state index >= 15 is 0 Å². The average molecular weight is 269 g/mol. The van der Waals surface area contributed by atoms with E-state index in [0.717, 1.165) is 31.7 Å². The minimum atomic E-state index is -3.07. The molecule has 0 aliphatic carbocycles. The lowest BCUT2D eigenvalue weighted by atomic mass is 9.97. The number of hydrogen-bond donors (Lipinski definition) is 1. The number of piperidine rings is 1. The molecule has 1 N–H and O–H groups in total. The molecular weight excluding hydrogens is 250 g/mol. The summed E-state index contributed by atoms with van der Waals surface area (Å²) in [6, 6.07) is 5.90. The molecule has 1 aromatic rings. The van der Waals surface area contributed by atoms with Gasteiger partial charge in [-0.05, 0) is 30.9 Å².